The maximum atomic E-state index is 5.46. The van der Waals surface area contributed by atoms with Crippen molar-refractivity contribution >= 4 is 0 Å². The van der Waals surface area contributed by atoms with Gasteiger partial charge in [0, 0.05) is 24.7 Å². The Kier molecular flexibility index (Phi) is 4.40. The van der Waals surface area contributed by atoms with Gasteiger partial charge in [-0.2, -0.15) is 0 Å². The average molecular weight is 235 g/mol. The van der Waals surface area contributed by atoms with Gasteiger partial charge in [0.05, 0.1) is 20.3 Å². The zero-order valence-electron chi connectivity index (χ0n) is 10.7. The van der Waals surface area contributed by atoms with Gasteiger partial charge in [-0.15, -0.1) is 0 Å². The highest BCUT2D eigenvalue weighted by Crippen LogP contribution is 2.31. The fourth-order valence-corrected chi connectivity index (χ4v) is 2.51. The molecule has 1 unspecified atom stereocenters. The van der Waals surface area contributed by atoms with Crippen LogP contribution in [0.4, 0.5) is 0 Å². The summed E-state index contributed by atoms with van der Waals surface area (Å²) in [6.07, 6.45) is 1.10. The van der Waals surface area contributed by atoms with E-state index in [0.717, 1.165) is 38.5 Å². The molecule has 17 heavy (non-hydrogen) atoms. The van der Waals surface area contributed by atoms with Gasteiger partial charge >= 0.3 is 0 Å². The van der Waals surface area contributed by atoms with Crippen molar-refractivity contribution < 1.29 is 9.47 Å². The molecule has 0 aliphatic carbocycles. The van der Waals surface area contributed by atoms with Crippen molar-refractivity contribution in [3.63, 3.8) is 0 Å². The van der Waals surface area contributed by atoms with Crippen molar-refractivity contribution in [1.29, 1.82) is 0 Å². The predicted octanol–water partition coefficient (Wildman–Crippen LogP) is 2.48. The van der Waals surface area contributed by atoms with E-state index in [2.05, 4.69) is 24.0 Å². The third-order valence-corrected chi connectivity index (χ3v) is 3.37. The summed E-state index contributed by atoms with van der Waals surface area (Å²) in [6, 6.07) is 8.76. The van der Waals surface area contributed by atoms with Gasteiger partial charge in [0.25, 0.3) is 0 Å². The van der Waals surface area contributed by atoms with E-state index in [9.17, 15) is 0 Å². The Hall–Kier alpha value is -1.06. The second-order valence-corrected chi connectivity index (χ2v) is 4.31. The summed E-state index contributed by atoms with van der Waals surface area (Å²) < 4.78 is 10.9. The molecule has 0 radical (unpaired) electrons. The molecule has 1 atom stereocenters. The van der Waals surface area contributed by atoms with E-state index < -0.39 is 0 Å². The van der Waals surface area contributed by atoms with E-state index in [1.807, 2.05) is 12.1 Å². The number of ether oxygens (including phenoxy) is 2. The lowest BCUT2D eigenvalue weighted by Gasteiger charge is -2.34. The molecule has 1 aromatic rings. The highest BCUT2D eigenvalue weighted by atomic mass is 16.5. The standard InChI is InChI=1S/C14H21NO2/c1-3-13(15-8-10-17-11-9-15)12-6-4-5-7-14(12)16-2/h4-7,13H,3,8-11H2,1-2H3. The number of methoxy groups -OCH3 is 1. The van der Waals surface area contributed by atoms with Crippen LogP contribution in [0.15, 0.2) is 24.3 Å². The van der Waals surface area contributed by atoms with Gasteiger partial charge in [-0.3, -0.25) is 4.90 Å². The molecule has 1 fully saturated rings. The van der Waals surface area contributed by atoms with Crippen LogP contribution in [0.1, 0.15) is 24.9 Å². The normalized spacial score (nSPS) is 18.9. The van der Waals surface area contributed by atoms with E-state index in [0.29, 0.717) is 6.04 Å². The Morgan fingerprint density at radius 1 is 1.29 bits per heavy atom. The number of para-hydroxylation sites is 1. The van der Waals surface area contributed by atoms with Crippen LogP contribution in [0.5, 0.6) is 5.75 Å². The first-order chi connectivity index (χ1) is 8.36. The first-order valence-corrected chi connectivity index (χ1v) is 6.31. The van der Waals surface area contributed by atoms with Crippen LogP contribution in [0.3, 0.4) is 0 Å². The Bertz CT molecular complexity index is 348. The topological polar surface area (TPSA) is 21.7 Å². The minimum Gasteiger partial charge on any atom is -0.496 e. The Morgan fingerprint density at radius 2 is 2.00 bits per heavy atom. The molecule has 1 aliphatic heterocycles. The SMILES string of the molecule is CCC(c1ccccc1OC)N1CCOCC1. The summed E-state index contributed by atoms with van der Waals surface area (Å²) in [5, 5.41) is 0. The van der Waals surface area contributed by atoms with Crippen LogP contribution in [0.2, 0.25) is 0 Å². The molecule has 0 aromatic heterocycles. The van der Waals surface area contributed by atoms with Crippen molar-refractivity contribution in [1.82, 2.24) is 4.90 Å². The zero-order chi connectivity index (χ0) is 12.1. The lowest BCUT2D eigenvalue weighted by atomic mass is 10.0. The first-order valence-electron chi connectivity index (χ1n) is 6.31. The van der Waals surface area contributed by atoms with Gasteiger partial charge in [-0.25, -0.2) is 0 Å². The van der Waals surface area contributed by atoms with Crippen LogP contribution in [0, 0.1) is 0 Å². The molecule has 2 rings (SSSR count). The van der Waals surface area contributed by atoms with Crippen molar-refractivity contribution in [2.45, 2.75) is 19.4 Å². The minimum absolute atomic E-state index is 0.440. The number of nitrogens with zero attached hydrogens (tertiary/aromatic N) is 1. The lowest BCUT2D eigenvalue weighted by molar-refractivity contribution is 0.0148. The van der Waals surface area contributed by atoms with E-state index in [1.54, 1.807) is 7.11 Å². The van der Waals surface area contributed by atoms with Gasteiger partial charge in [0.15, 0.2) is 0 Å². The van der Waals surface area contributed by atoms with Gasteiger partial charge in [-0.1, -0.05) is 25.1 Å². The van der Waals surface area contributed by atoms with Crippen LogP contribution in [-0.2, 0) is 4.74 Å². The third kappa shape index (κ3) is 2.79. The van der Waals surface area contributed by atoms with Crippen LogP contribution in [0.25, 0.3) is 0 Å². The first kappa shape index (κ1) is 12.4. The molecule has 1 heterocycles. The summed E-state index contributed by atoms with van der Waals surface area (Å²) in [5.74, 6) is 0.992. The molecule has 0 spiro atoms. The molecule has 0 bridgehead atoms. The van der Waals surface area contributed by atoms with Gasteiger partial charge < -0.3 is 9.47 Å². The number of hydrogen-bond acceptors (Lipinski definition) is 3. The Balaban J connectivity index is 2.21. The molecule has 1 aliphatic rings. The van der Waals surface area contributed by atoms with Gasteiger partial charge in [0.1, 0.15) is 5.75 Å². The summed E-state index contributed by atoms with van der Waals surface area (Å²) in [5.41, 5.74) is 1.29. The number of rotatable bonds is 4. The number of benzene rings is 1. The highest BCUT2D eigenvalue weighted by molar-refractivity contribution is 5.35. The highest BCUT2D eigenvalue weighted by Gasteiger charge is 2.23. The summed E-state index contributed by atoms with van der Waals surface area (Å²) >= 11 is 0. The molecule has 3 heteroatoms. The summed E-state index contributed by atoms with van der Waals surface area (Å²) in [4.78, 5) is 2.49. The van der Waals surface area contributed by atoms with E-state index in [1.165, 1.54) is 5.56 Å². The smallest absolute Gasteiger partial charge is 0.123 e. The lowest BCUT2D eigenvalue weighted by Crippen LogP contribution is -2.39. The molecule has 0 N–H and O–H groups in total. The van der Waals surface area contributed by atoms with E-state index in [-0.39, 0.29) is 0 Å². The predicted molar refractivity (Wildman–Crippen MR) is 68.4 cm³/mol. The quantitative estimate of drug-likeness (QED) is 0.800. The van der Waals surface area contributed by atoms with Gasteiger partial charge in [-0.05, 0) is 12.5 Å². The second kappa shape index (κ2) is 6.03. The largest absolute Gasteiger partial charge is 0.496 e. The van der Waals surface area contributed by atoms with Gasteiger partial charge in [0.2, 0.25) is 0 Å². The maximum Gasteiger partial charge on any atom is 0.123 e. The summed E-state index contributed by atoms with van der Waals surface area (Å²) in [7, 11) is 1.74. The molecule has 1 saturated heterocycles. The fourth-order valence-electron chi connectivity index (χ4n) is 2.51. The van der Waals surface area contributed by atoms with E-state index in [4.69, 9.17) is 9.47 Å². The maximum absolute atomic E-state index is 5.46. The fraction of sp³-hybridized carbons (Fsp3) is 0.571. The van der Waals surface area contributed by atoms with Crippen molar-refractivity contribution in [2.75, 3.05) is 33.4 Å². The van der Waals surface area contributed by atoms with Crippen molar-refractivity contribution in [3.05, 3.63) is 29.8 Å². The molecule has 0 amide bonds. The molecule has 1 aromatic carbocycles. The zero-order valence-corrected chi connectivity index (χ0v) is 10.7. The molecule has 0 saturated carbocycles. The number of morpholine rings is 1. The van der Waals surface area contributed by atoms with Crippen molar-refractivity contribution in [3.8, 4) is 5.75 Å². The monoisotopic (exact) mass is 235 g/mol. The Labute approximate surface area is 103 Å². The van der Waals surface area contributed by atoms with Crippen molar-refractivity contribution in [2.24, 2.45) is 0 Å². The number of hydrogen-bond donors (Lipinski definition) is 0. The Morgan fingerprint density at radius 3 is 2.65 bits per heavy atom. The van der Waals surface area contributed by atoms with Crippen LogP contribution >= 0.6 is 0 Å². The van der Waals surface area contributed by atoms with Crippen LogP contribution in [-0.4, -0.2) is 38.3 Å². The molecular weight excluding hydrogens is 214 g/mol. The third-order valence-electron chi connectivity index (χ3n) is 3.37. The van der Waals surface area contributed by atoms with E-state index >= 15 is 0 Å². The molecule has 3 nitrogen and oxygen atoms in total. The molecular formula is C14H21NO2. The summed E-state index contributed by atoms with van der Waals surface area (Å²) in [6.45, 7) is 5.93. The molecule has 94 valence electrons. The van der Waals surface area contributed by atoms with Crippen LogP contribution < -0.4 is 4.74 Å². The minimum atomic E-state index is 0.440. The second-order valence-electron chi connectivity index (χ2n) is 4.31. The average Bonchev–Trinajstić information content (AvgIpc) is 2.41.